The molecule has 2 aliphatic heterocycles. The third kappa shape index (κ3) is 3.28. The molecule has 26 heavy (non-hydrogen) atoms. The van der Waals surface area contributed by atoms with Crippen molar-refractivity contribution in [1.29, 1.82) is 0 Å². The minimum Gasteiger partial charge on any atom is -0.377 e. The summed E-state index contributed by atoms with van der Waals surface area (Å²) in [6.07, 6.45) is 5.60. The lowest BCUT2D eigenvalue weighted by atomic mass is 9.84. The monoisotopic (exact) mass is 378 g/mol. The largest absolute Gasteiger partial charge is 0.377 e. The molecule has 0 radical (unpaired) electrons. The van der Waals surface area contributed by atoms with Gasteiger partial charge in [0.1, 0.15) is 0 Å². The summed E-state index contributed by atoms with van der Waals surface area (Å²) in [5.74, 6) is 0.328. The van der Waals surface area contributed by atoms with E-state index in [1.807, 2.05) is 11.8 Å². The van der Waals surface area contributed by atoms with Crippen LogP contribution in [0.15, 0.2) is 23.1 Å². The average molecular weight is 378 g/mol. The molecular weight excluding hydrogens is 352 g/mol. The number of sulfonamides is 1. The highest BCUT2D eigenvalue weighted by Crippen LogP contribution is 2.38. The number of ether oxygens (including phenoxy) is 1. The Kier molecular flexibility index (Phi) is 4.79. The lowest BCUT2D eigenvalue weighted by molar-refractivity contribution is -0.125. The molecule has 1 aromatic rings. The number of rotatable bonds is 5. The summed E-state index contributed by atoms with van der Waals surface area (Å²) in [4.78, 5) is 14.8. The second kappa shape index (κ2) is 6.94. The molecular formula is C19H26N2O4S. The molecule has 1 saturated carbocycles. The van der Waals surface area contributed by atoms with Gasteiger partial charge < -0.3 is 9.64 Å². The van der Waals surface area contributed by atoms with Crippen molar-refractivity contribution in [2.24, 2.45) is 5.92 Å². The van der Waals surface area contributed by atoms with Crippen molar-refractivity contribution in [1.82, 2.24) is 4.72 Å². The van der Waals surface area contributed by atoms with Crippen molar-refractivity contribution in [3.8, 4) is 0 Å². The second-order valence-electron chi connectivity index (χ2n) is 7.67. The van der Waals surface area contributed by atoms with Crippen molar-refractivity contribution in [2.75, 3.05) is 18.1 Å². The highest BCUT2D eigenvalue weighted by atomic mass is 32.2. The van der Waals surface area contributed by atoms with Crippen LogP contribution in [0.1, 0.15) is 44.6 Å². The number of fused-ring (bicyclic) bond motifs is 1. The number of nitrogens with one attached hydrogen (secondary N) is 1. The predicted octanol–water partition coefficient (Wildman–Crippen LogP) is 2.22. The maximum atomic E-state index is 12.7. The summed E-state index contributed by atoms with van der Waals surface area (Å²) < 4.78 is 33.3. The maximum Gasteiger partial charge on any atom is 0.240 e. The van der Waals surface area contributed by atoms with Crippen molar-refractivity contribution >= 4 is 21.6 Å². The van der Waals surface area contributed by atoms with E-state index in [4.69, 9.17) is 4.74 Å². The van der Waals surface area contributed by atoms with Gasteiger partial charge in [-0.1, -0.05) is 6.42 Å². The summed E-state index contributed by atoms with van der Waals surface area (Å²) in [6.45, 7) is 3.04. The van der Waals surface area contributed by atoms with Crippen LogP contribution in [0.5, 0.6) is 0 Å². The smallest absolute Gasteiger partial charge is 0.240 e. The molecule has 1 amide bonds. The molecule has 2 unspecified atom stereocenters. The molecule has 0 bridgehead atoms. The molecule has 1 aromatic carbocycles. The van der Waals surface area contributed by atoms with Crippen LogP contribution in [0.4, 0.5) is 5.69 Å². The third-order valence-corrected chi connectivity index (χ3v) is 7.21. The molecule has 1 N–H and O–H groups in total. The normalized spacial score (nSPS) is 26.0. The first kappa shape index (κ1) is 17.9. The Morgan fingerprint density at radius 2 is 2.08 bits per heavy atom. The van der Waals surface area contributed by atoms with Gasteiger partial charge in [0.05, 0.1) is 11.0 Å². The van der Waals surface area contributed by atoms with Crippen LogP contribution in [-0.2, 0) is 26.0 Å². The lowest BCUT2D eigenvalue weighted by Gasteiger charge is -2.32. The standard InChI is InChI=1S/C19H26N2O4S/c1-13-10-15-11-17(26(23,24)20-12-16-6-3-9-25-16)7-8-18(15)21(13)19(22)14-4-2-5-14/h7-8,11,13-14,16,20H,2-6,9-10,12H2,1H3. The number of carbonyl (C=O) groups excluding carboxylic acids is 1. The number of hydrogen-bond acceptors (Lipinski definition) is 4. The summed E-state index contributed by atoms with van der Waals surface area (Å²) in [5.41, 5.74) is 1.80. The first-order valence-electron chi connectivity index (χ1n) is 9.53. The zero-order valence-electron chi connectivity index (χ0n) is 15.1. The molecule has 142 valence electrons. The predicted molar refractivity (Wildman–Crippen MR) is 98.6 cm³/mol. The summed E-state index contributed by atoms with van der Waals surface area (Å²) in [7, 11) is -3.57. The number of benzene rings is 1. The number of anilines is 1. The van der Waals surface area contributed by atoms with Crippen LogP contribution in [0.3, 0.4) is 0 Å². The van der Waals surface area contributed by atoms with Crippen LogP contribution in [0.2, 0.25) is 0 Å². The van der Waals surface area contributed by atoms with Crippen LogP contribution in [0, 0.1) is 5.92 Å². The van der Waals surface area contributed by atoms with E-state index in [0.717, 1.165) is 43.4 Å². The Morgan fingerprint density at radius 1 is 1.27 bits per heavy atom. The van der Waals surface area contributed by atoms with Crippen LogP contribution < -0.4 is 9.62 Å². The van der Waals surface area contributed by atoms with E-state index in [2.05, 4.69) is 4.72 Å². The molecule has 1 saturated heterocycles. The molecule has 2 atom stereocenters. The molecule has 2 heterocycles. The topological polar surface area (TPSA) is 75.7 Å². The van der Waals surface area contributed by atoms with Gasteiger partial charge in [-0.25, -0.2) is 13.1 Å². The van der Waals surface area contributed by atoms with Gasteiger partial charge in [0, 0.05) is 30.8 Å². The highest BCUT2D eigenvalue weighted by molar-refractivity contribution is 7.89. The van der Waals surface area contributed by atoms with E-state index < -0.39 is 10.0 Å². The van der Waals surface area contributed by atoms with Gasteiger partial charge in [0.25, 0.3) is 0 Å². The quantitative estimate of drug-likeness (QED) is 0.852. The minimum atomic E-state index is -3.57. The fraction of sp³-hybridized carbons (Fsp3) is 0.632. The Bertz CT molecular complexity index is 798. The van der Waals surface area contributed by atoms with Gasteiger partial charge in [0.2, 0.25) is 15.9 Å². The molecule has 2 fully saturated rings. The molecule has 6 nitrogen and oxygen atoms in total. The van der Waals surface area contributed by atoms with Crippen molar-refractivity contribution in [2.45, 2.75) is 62.5 Å². The molecule has 0 aromatic heterocycles. The van der Waals surface area contributed by atoms with E-state index in [1.165, 1.54) is 0 Å². The molecule has 0 spiro atoms. The van der Waals surface area contributed by atoms with E-state index in [0.29, 0.717) is 19.6 Å². The van der Waals surface area contributed by atoms with Crippen LogP contribution in [-0.4, -0.2) is 39.6 Å². The summed E-state index contributed by atoms with van der Waals surface area (Å²) in [5, 5.41) is 0. The first-order valence-corrected chi connectivity index (χ1v) is 11.0. The maximum absolute atomic E-state index is 12.7. The minimum absolute atomic E-state index is 0.0326. The second-order valence-corrected chi connectivity index (χ2v) is 9.43. The van der Waals surface area contributed by atoms with E-state index >= 15 is 0 Å². The van der Waals surface area contributed by atoms with E-state index in [1.54, 1.807) is 18.2 Å². The fourth-order valence-electron chi connectivity index (χ4n) is 4.05. The fourth-order valence-corrected chi connectivity index (χ4v) is 5.17. The van der Waals surface area contributed by atoms with Gasteiger partial charge in [-0.05, 0) is 62.8 Å². The molecule has 7 heteroatoms. The van der Waals surface area contributed by atoms with Crippen molar-refractivity contribution in [3.63, 3.8) is 0 Å². The average Bonchev–Trinajstić information content (AvgIpc) is 3.17. The SMILES string of the molecule is CC1Cc2cc(S(=O)(=O)NCC3CCCO3)ccc2N1C(=O)C1CCC1. The summed E-state index contributed by atoms with van der Waals surface area (Å²) in [6, 6.07) is 5.19. The number of amides is 1. The van der Waals surface area contributed by atoms with Gasteiger partial charge in [0.15, 0.2) is 0 Å². The third-order valence-electron chi connectivity index (χ3n) is 5.79. The Morgan fingerprint density at radius 3 is 2.73 bits per heavy atom. The summed E-state index contributed by atoms with van der Waals surface area (Å²) >= 11 is 0. The zero-order valence-corrected chi connectivity index (χ0v) is 15.9. The van der Waals surface area contributed by atoms with Gasteiger partial charge >= 0.3 is 0 Å². The van der Waals surface area contributed by atoms with Gasteiger partial charge in [-0.3, -0.25) is 4.79 Å². The Labute approximate surface area is 155 Å². The molecule has 3 aliphatic rings. The van der Waals surface area contributed by atoms with Crippen LogP contribution >= 0.6 is 0 Å². The molecule has 4 rings (SSSR count). The van der Waals surface area contributed by atoms with E-state index in [9.17, 15) is 13.2 Å². The lowest BCUT2D eigenvalue weighted by Crippen LogP contribution is -2.42. The molecule has 1 aliphatic carbocycles. The highest BCUT2D eigenvalue weighted by Gasteiger charge is 2.37. The number of carbonyl (C=O) groups is 1. The Balaban J connectivity index is 1.51. The van der Waals surface area contributed by atoms with Crippen molar-refractivity contribution in [3.05, 3.63) is 23.8 Å². The van der Waals surface area contributed by atoms with E-state index in [-0.39, 0.29) is 28.9 Å². The number of nitrogens with zero attached hydrogens (tertiary/aromatic N) is 1. The zero-order chi connectivity index (χ0) is 18.3. The first-order chi connectivity index (χ1) is 12.5. The Hall–Kier alpha value is -1.44. The van der Waals surface area contributed by atoms with Gasteiger partial charge in [-0.15, -0.1) is 0 Å². The number of hydrogen-bond donors (Lipinski definition) is 1. The van der Waals surface area contributed by atoms with Crippen molar-refractivity contribution < 1.29 is 17.9 Å². The van der Waals surface area contributed by atoms with Crippen LogP contribution in [0.25, 0.3) is 0 Å². The van der Waals surface area contributed by atoms with Gasteiger partial charge in [-0.2, -0.15) is 0 Å².